The summed E-state index contributed by atoms with van der Waals surface area (Å²) in [6, 6.07) is 12.0. The maximum Gasteiger partial charge on any atom is 0.336 e. The van der Waals surface area contributed by atoms with Gasteiger partial charge in [-0.05, 0) is 61.0 Å². The number of hydrogen-bond donors (Lipinski definition) is 7. The molecule has 2 fully saturated rings. The van der Waals surface area contributed by atoms with E-state index in [1.165, 1.54) is 73.8 Å². The van der Waals surface area contributed by atoms with Crippen LogP contribution in [0.1, 0.15) is 59.0 Å². The number of amides is 6. The highest BCUT2D eigenvalue weighted by atomic mass is 32.2. The summed E-state index contributed by atoms with van der Waals surface area (Å²) < 4.78 is 33.3. The number of carbonyl (C=O) groups excluding carboxylic acids is 6. The molecule has 4 heterocycles. The lowest BCUT2D eigenvalue weighted by atomic mass is 9.90. The van der Waals surface area contributed by atoms with Crippen LogP contribution in [0.2, 0.25) is 0 Å². The van der Waals surface area contributed by atoms with E-state index in [1.54, 1.807) is 0 Å². The lowest BCUT2D eigenvalue weighted by Crippen LogP contribution is -2.51. The third-order valence-corrected chi connectivity index (χ3v) is 12.4. The van der Waals surface area contributed by atoms with Crippen molar-refractivity contribution in [1.82, 2.24) is 25.8 Å². The number of phenols is 1. The van der Waals surface area contributed by atoms with Gasteiger partial charge in [0.05, 0.1) is 41.4 Å². The predicted octanol–water partition coefficient (Wildman–Crippen LogP) is 2.67. The van der Waals surface area contributed by atoms with Crippen molar-refractivity contribution in [2.45, 2.75) is 68.6 Å². The zero-order chi connectivity index (χ0) is 49.2. The van der Waals surface area contributed by atoms with Crippen LogP contribution in [-0.4, -0.2) is 114 Å². The molecule has 68 heavy (non-hydrogen) atoms. The number of alkyl halides is 2. The predicted molar refractivity (Wildman–Crippen MR) is 238 cm³/mol. The average molecular weight is 958 g/mol. The first-order valence-electron chi connectivity index (χ1n) is 20.7. The number of nitrogens with two attached hydrogens (primary N) is 1. The molecule has 8 N–H and O–H groups in total. The smallest absolute Gasteiger partial charge is 0.336 e. The van der Waals surface area contributed by atoms with Gasteiger partial charge in [0.2, 0.25) is 29.5 Å². The summed E-state index contributed by atoms with van der Waals surface area (Å²) in [5.74, 6) is -10.8. The van der Waals surface area contributed by atoms with Crippen LogP contribution in [0, 0.1) is 0 Å². The van der Waals surface area contributed by atoms with Crippen LogP contribution < -0.4 is 32.0 Å². The Kier molecular flexibility index (Phi) is 13.9. The van der Waals surface area contributed by atoms with E-state index in [2.05, 4.69) is 20.9 Å². The number of rotatable bonds is 16. The number of carbonyl (C=O) groups is 8. The molecule has 0 radical (unpaired) electrons. The van der Waals surface area contributed by atoms with Crippen molar-refractivity contribution in [3.05, 3.63) is 100.0 Å². The van der Waals surface area contributed by atoms with Gasteiger partial charge in [0.15, 0.2) is 5.43 Å². The molecular weight excluding hydrogens is 917 g/mol. The number of anilines is 1. The van der Waals surface area contributed by atoms with Gasteiger partial charge in [-0.2, -0.15) is 0 Å². The molecule has 2 aromatic carbocycles. The van der Waals surface area contributed by atoms with E-state index in [0.717, 1.165) is 27.6 Å². The normalized spacial score (nSPS) is 17.5. The monoisotopic (exact) mass is 957 g/mol. The van der Waals surface area contributed by atoms with E-state index in [9.17, 15) is 67.3 Å². The number of carboxylic acid groups (broad SMARTS) is 2. The molecule has 23 heteroatoms. The zero-order valence-electron chi connectivity index (χ0n) is 35.7. The molecule has 6 amide bonds. The molecule has 1 aromatic heterocycles. The maximum absolute atomic E-state index is 13.7. The maximum atomic E-state index is 13.7. The fourth-order valence-corrected chi connectivity index (χ4v) is 8.93. The van der Waals surface area contributed by atoms with Gasteiger partial charge in [0.25, 0.3) is 11.8 Å². The largest absolute Gasteiger partial charge is 0.508 e. The molecule has 354 valence electrons. The minimum atomic E-state index is -3.14. The molecule has 0 bridgehead atoms. The lowest BCUT2D eigenvalue weighted by molar-refractivity contribution is -0.141. The Morgan fingerprint density at radius 1 is 0.941 bits per heavy atom. The number of aliphatic carboxylic acids is 1. The SMILES string of the molecule is C[C@@H](NC(=O)c1ccnc(CNC(=O)CCC(=O)NC(CSC2CC(=O)N(c3ccc(-c4c5ccc(=O)cc-5oc5cc(O)ccc45)c(C(=O)O)c3)C2=O)C(=O)O)c1)C(=O)N1CC(F)(F)C[C@H]1N. The van der Waals surface area contributed by atoms with E-state index in [4.69, 9.17) is 10.2 Å². The molecule has 0 saturated carbocycles. The first kappa shape index (κ1) is 48.2. The number of aromatic nitrogens is 1. The van der Waals surface area contributed by atoms with Crippen molar-refractivity contribution < 1.29 is 66.9 Å². The first-order chi connectivity index (χ1) is 32.2. The fourth-order valence-electron chi connectivity index (χ4n) is 7.77. The van der Waals surface area contributed by atoms with Crippen LogP contribution in [0.3, 0.4) is 0 Å². The summed E-state index contributed by atoms with van der Waals surface area (Å²) in [5, 5.41) is 36.9. The molecule has 4 atom stereocenters. The second-order valence-electron chi connectivity index (χ2n) is 16.0. The zero-order valence-corrected chi connectivity index (χ0v) is 36.5. The number of likely N-dealkylation sites (tertiary alicyclic amines) is 1. The van der Waals surface area contributed by atoms with Crippen molar-refractivity contribution in [2.24, 2.45) is 5.73 Å². The molecule has 2 saturated heterocycles. The fraction of sp³-hybridized carbons (Fsp3) is 0.289. The summed E-state index contributed by atoms with van der Waals surface area (Å²) in [6.45, 7) is 0.263. The third-order valence-electron chi connectivity index (χ3n) is 11.1. The Labute approximate surface area is 387 Å². The number of benzene rings is 3. The van der Waals surface area contributed by atoms with Crippen LogP contribution in [-0.2, 0) is 35.3 Å². The Hall–Kier alpha value is -7.79. The molecule has 2 unspecified atom stereocenters. The van der Waals surface area contributed by atoms with E-state index < -0.39 is 96.2 Å². The number of aromatic hydroxyl groups is 1. The summed E-state index contributed by atoms with van der Waals surface area (Å²) in [4.78, 5) is 121. The van der Waals surface area contributed by atoms with Crippen molar-refractivity contribution in [3.63, 3.8) is 0 Å². The Morgan fingerprint density at radius 2 is 1.68 bits per heavy atom. The van der Waals surface area contributed by atoms with Crippen LogP contribution in [0.4, 0.5) is 14.5 Å². The van der Waals surface area contributed by atoms with E-state index in [-0.39, 0.29) is 75.7 Å². The highest BCUT2D eigenvalue weighted by Gasteiger charge is 2.46. The Balaban J connectivity index is 0.922. The number of nitrogens with zero attached hydrogens (tertiary/aromatic N) is 3. The van der Waals surface area contributed by atoms with Gasteiger partial charge in [-0.25, -0.2) is 23.3 Å². The summed E-state index contributed by atoms with van der Waals surface area (Å²) in [5.41, 5.74) is 6.18. The van der Waals surface area contributed by atoms with Crippen LogP contribution in [0.5, 0.6) is 5.75 Å². The molecule has 3 aliphatic heterocycles. The number of aromatic carboxylic acids is 1. The number of pyridine rings is 1. The highest BCUT2D eigenvalue weighted by Crippen LogP contribution is 2.43. The molecule has 4 aliphatic rings. The number of fused-ring (bicyclic) bond motifs is 2. The van der Waals surface area contributed by atoms with Gasteiger partial charge in [0, 0.05) is 71.8 Å². The van der Waals surface area contributed by atoms with Gasteiger partial charge in [0.1, 0.15) is 29.2 Å². The van der Waals surface area contributed by atoms with E-state index in [0.29, 0.717) is 16.5 Å². The summed E-state index contributed by atoms with van der Waals surface area (Å²) in [7, 11) is 0. The average Bonchev–Trinajstić information content (AvgIpc) is 3.74. The van der Waals surface area contributed by atoms with Gasteiger partial charge >= 0.3 is 11.9 Å². The number of carboxylic acids is 2. The number of hydrogen-bond acceptors (Lipinski definition) is 14. The number of phenolic OH excluding ortho intramolecular Hbond substituents is 1. The minimum absolute atomic E-state index is 0.0452. The van der Waals surface area contributed by atoms with Crippen molar-refractivity contribution in [1.29, 1.82) is 0 Å². The highest BCUT2D eigenvalue weighted by molar-refractivity contribution is 8.00. The Bertz CT molecular complexity index is 2930. The van der Waals surface area contributed by atoms with Gasteiger partial charge < -0.3 is 46.3 Å². The number of thioether (sulfide) groups is 1. The first-order valence-corrected chi connectivity index (χ1v) is 21.8. The summed E-state index contributed by atoms with van der Waals surface area (Å²) >= 11 is 0.786. The van der Waals surface area contributed by atoms with Gasteiger partial charge in [-0.1, -0.05) is 6.07 Å². The Morgan fingerprint density at radius 3 is 2.38 bits per heavy atom. The van der Waals surface area contributed by atoms with E-state index in [1.807, 2.05) is 0 Å². The molecule has 3 aromatic rings. The molecule has 20 nitrogen and oxygen atoms in total. The van der Waals surface area contributed by atoms with Crippen LogP contribution >= 0.6 is 11.8 Å². The lowest BCUT2D eigenvalue weighted by Gasteiger charge is -2.24. The molecule has 1 aliphatic carbocycles. The number of imide groups is 1. The van der Waals surface area contributed by atoms with E-state index >= 15 is 0 Å². The topological polar surface area (TPSA) is 309 Å². The second kappa shape index (κ2) is 19.6. The van der Waals surface area contributed by atoms with Crippen LogP contribution in [0.25, 0.3) is 33.4 Å². The standard InChI is InChI=1S/C45H41F2N7O13S/c1-21(41(61)53-20-45(46,47)17-35(53)48)51-40(60)22-10-11-49-23(12-22)18-50-36(57)8-9-37(58)52-31(44(65)66)19-68-34-16-38(59)54(42(34)62)24-2-5-27(30(13-24)43(63)64)39-28-6-3-25(55)14-32(28)67-33-15-26(56)4-7-29(33)39/h2-7,10-15,21,31,34-35,55H,8-9,16-20,48H2,1H3,(H,50,57)(H,51,60)(H,52,58)(H,63,64)(H,65,66)/t21-,31?,34?,35+/m1/s1. The quantitative estimate of drug-likeness (QED) is 0.0552. The molecular formula is C45H41F2N7O13S. The minimum Gasteiger partial charge on any atom is -0.508 e. The van der Waals surface area contributed by atoms with Crippen molar-refractivity contribution in [3.8, 4) is 28.2 Å². The van der Waals surface area contributed by atoms with Gasteiger partial charge in [-0.3, -0.25) is 38.5 Å². The van der Waals surface area contributed by atoms with Crippen molar-refractivity contribution in [2.75, 3.05) is 17.2 Å². The molecule has 7 rings (SSSR count). The van der Waals surface area contributed by atoms with Crippen molar-refractivity contribution >= 4 is 75.8 Å². The third kappa shape index (κ3) is 10.6. The second-order valence-corrected chi connectivity index (χ2v) is 17.2. The number of nitrogens with one attached hydrogen (secondary N) is 3. The molecule has 0 spiro atoms. The van der Waals surface area contributed by atoms with Crippen LogP contribution in [0.15, 0.2) is 82.1 Å². The summed E-state index contributed by atoms with van der Waals surface area (Å²) in [6.07, 6.45) is -1.84. The number of halogens is 2. The van der Waals surface area contributed by atoms with Gasteiger partial charge in [-0.15, -0.1) is 11.8 Å².